The molecular formula is C16H16BrClO2. The summed E-state index contributed by atoms with van der Waals surface area (Å²) < 4.78 is 10.5. The molecule has 0 radical (unpaired) electrons. The summed E-state index contributed by atoms with van der Waals surface area (Å²) in [5.41, 5.74) is 2.32. The minimum Gasteiger partial charge on any atom is -0.497 e. The summed E-state index contributed by atoms with van der Waals surface area (Å²) in [6, 6.07) is 13.8. The molecule has 0 bridgehead atoms. The van der Waals surface area contributed by atoms with Crippen molar-refractivity contribution in [3.8, 4) is 11.5 Å². The maximum atomic E-state index is 5.98. The molecule has 2 aromatic rings. The largest absolute Gasteiger partial charge is 0.497 e. The van der Waals surface area contributed by atoms with Crippen LogP contribution in [-0.2, 0) is 6.42 Å². The Kier molecular flexibility index (Phi) is 5.32. The van der Waals surface area contributed by atoms with Gasteiger partial charge in [0.2, 0.25) is 0 Å². The van der Waals surface area contributed by atoms with Crippen LogP contribution >= 0.6 is 27.5 Å². The Morgan fingerprint density at radius 3 is 2.35 bits per heavy atom. The van der Waals surface area contributed by atoms with E-state index in [2.05, 4.69) is 28.1 Å². The Labute approximate surface area is 132 Å². The van der Waals surface area contributed by atoms with Crippen LogP contribution in [0.15, 0.2) is 42.5 Å². The van der Waals surface area contributed by atoms with E-state index in [1.165, 1.54) is 5.56 Å². The van der Waals surface area contributed by atoms with Crippen molar-refractivity contribution in [2.24, 2.45) is 0 Å². The van der Waals surface area contributed by atoms with Gasteiger partial charge in [-0.05, 0) is 36.2 Å². The lowest BCUT2D eigenvalue weighted by molar-refractivity contribution is 0.409. The minimum atomic E-state index is 0.170. The number of halogens is 2. The highest BCUT2D eigenvalue weighted by atomic mass is 79.9. The maximum Gasteiger partial charge on any atom is 0.124 e. The first kappa shape index (κ1) is 15.2. The molecule has 0 aromatic heterocycles. The average molecular weight is 356 g/mol. The van der Waals surface area contributed by atoms with Crippen LogP contribution in [0, 0.1) is 0 Å². The van der Waals surface area contributed by atoms with Crippen molar-refractivity contribution in [3.05, 3.63) is 58.6 Å². The average Bonchev–Trinajstić information content (AvgIpc) is 2.47. The fourth-order valence-electron chi connectivity index (χ4n) is 2.02. The summed E-state index contributed by atoms with van der Waals surface area (Å²) in [6.07, 6.45) is 0.863. The number of hydrogen-bond acceptors (Lipinski definition) is 2. The Balaban J connectivity index is 2.16. The van der Waals surface area contributed by atoms with E-state index in [0.29, 0.717) is 5.02 Å². The maximum absolute atomic E-state index is 5.98. The molecule has 2 nitrogen and oxygen atoms in total. The van der Waals surface area contributed by atoms with Gasteiger partial charge in [-0.15, -0.1) is 0 Å². The van der Waals surface area contributed by atoms with Gasteiger partial charge in [0, 0.05) is 15.4 Å². The zero-order valence-electron chi connectivity index (χ0n) is 11.4. The van der Waals surface area contributed by atoms with Crippen LogP contribution in [-0.4, -0.2) is 14.2 Å². The molecule has 0 fully saturated rings. The highest BCUT2D eigenvalue weighted by Gasteiger charge is 2.14. The van der Waals surface area contributed by atoms with Gasteiger partial charge >= 0.3 is 0 Å². The highest BCUT2D eigenvalue weighted by molar-refractivity contribution is 9.09. The second-order valence-electron chi connectivity index (χ2n) is 4.41. The van der Waals surface area contributed by atoms with E-state index in [4.69, 9.17) is 21.1 Å². The first-order chi connectivity index (χ1) is 9.63. The van der Waals surface area contributed by atoms with Gasteiger partial charge in [0.15, 0.2) is 0 Å². The van der Waals surface area contributed by atoms with Gasteiger partial charge < -0.3 is 9.47 Å². The third-order valence-electron chi connectivity index (χ3n) is 3.11. The SMILES string of the molecule is COc1ccc(CC(Br)c2ccc(Cl)cc2OC)cc1. The van der Waals surface area contributed by atoms with E-state index in [0.717, 1.165) is 23.5 Å². The molecule has 4 heteroatoms. The van der Waals surface area contributed by atoms with Gasteiger partial charge in [-0.25, -0.2) is 0 Å². The van der Waals surface area contributed by atoms with Crippen molar-refractivity contribution < 1.29 is 9.47 Å². The first-order valence-corrected chi connectivity index (χ1v) is 7.54. The molecular weight excluding hydrogens is 340 g/mol. The fraction of sp³-hybridized carbons (Fsp3) is 0.250. The van der Waals surface area contributed by atoms with Crippen LogP contribution in [0.2, 0.25) is 5.02 Å². The van der Waals surface area contributed by atoms with E-state index in [1.54, 1.807) is 14.2 Å². The molecule has 20 heavy (non-hydrogen) atoms. The van der Waals surface area contributed by atoms with Crippen LogP contribution < -0.4 is 9.47 Å². The highest BCUT2D eigenvalue weighted by Crippen LogP contribution is 2.35. The Hall–Kier alpha value is -1.19. The van der Waals surface area contributed by atoms with Gasteiger partial charge in [-0.3, -0.25) is 0 Å². The fourth-order valence-corrected chi connectivity index (χ4v) is 2.94. The number of rotatable bonds is 5. The number of alkyl halides is 1. The van der Waals surface area contributed by atoms with Crippen molar-refractivity contribution in [3.63, 3.8) is 0 Å². The number of hydrogen-bond donors (Lipinski definition) is 0. The van der Waals surface area contributed by atoms with Crippen molar-refractivity contribution >= 4 is 27.5 Å². The molecule has 0 spiro atoms. The van der Waals surface area contributed by atoms with Gasteiger partial charge in [0.05, 0.1) is 14.2 Å². The summed E-state index contributed by atoms with van der Waals surface area (Å²) >= 11 is 9.70. The zero-order valence-corrected chi connectivity index (χ0v) is 13.7. The normalized spacial score (nSPS) is 12.0. The lowest BCUT2D eigenvalue weighted by Gasteiger charge is -2.15. The molecule has 1 unspecified atom stereocenters. The summed E-state index contributed by atoms with van der Waals surface area (Å²) in [4.78, 5) is 0.170. The predicted molar refractivity (Wildman–Crippen MR) is 86.4 cm³/mol. The quantitative estimate of drug-likeness (QED) is 0.700. The van der Waals surface area contributed by atoms with Crippen LogP contribution in [0.3, 0.4) is 0 Å². The minimum absolute atomic E-state index is 0.170. The summed E-state index contributed by atoms with van der Waals surface area (Å²) in [7, 11) is 3.32. The molecule has 106 valence electrons. The van der Waals surface area contributed by atoms with E-state index < -0.39 is 0 Å². The molecule has 0 saturated carbocycles. The van der Waals surface area contributed by atoms with E-state index >= 15 is 0 Å². The molecule has 0 amide bonds. The van der Waals surface area contributed by atoms with Gasteiger partial charge in [0.1, 0.15) is 11.5 Å². The Bertz CT molecular complexity index is 569. The molecule has 0 aliphatic rings. The van der Waals surface area contributed by atoms with Crippen molar-refractivity contribution in [2.75, 3.05) is 14.2 Å². The predicted octanol–water partition coefficient (Wildman–Crippen LogP) is 5.04. The Morgan fingerprint density at radius 2 is 1.75 bits per heavy atom. The third-order valence-corrected chi connectivity index (χ3v) is 4.16. The van der Waals surface area contributed by atoms with Gasteiger partial charge in [-0.1, -0.05) is 45.7 Å². The smallest absolute Gasteiger partial charge is 0.124 e. The first-order valence-electron chi connectivity index (χ1n) is 6.24. The van der Waals surface area contributed by atoms with Crippen molar-refractivity contribution in [1.82, 2.24) is 0 Å². The lowest BCUT2D eigenvalue weighted by atomic mass is 10.0. The molecule has 0 saturated heterocycles. The molecule has 0 N–H and O–H groups in total. The molecule has 0 aliphatic heterocycles. The zero-order chi connectivity index (χ0) is 14.5. The van der Waals surface area contributed by atoms with E-state index in [9.17, 15) is 0 Å². The Morgan fingerprint density at radius 1 is 1.05 bits per heavy atom. The summed E-state index contributed by atoms with van der Waals surface area (Å²) in [5, 5.41) is 0.676. The molecule has 1 atom stereocenters. The number of methoxy groups -OCH3 is 2. The molecule has 0 aliphatic carbocycles. The van der Waals surface area contributed by atoms with Gasteiger partial charge in [-0.2, -0.15) is 0 Å². The van der Waals surface area contributed by atoms with Crippen LogP contribution in [0.1, 0.15) is 16.0 Å². The second kappa shape index (κ2) is 7.00. The summed E-state index contributed by atoms with van der Waals surface area (Å²) in [5.74, 6) is 1.66. The van der Waals surface area contributed by atoms with Crippen LogP contribution in [0.5, 0.6) is 11.5 Å². The van der Waals surface area contributed by atoms with Crippen LogP contribution in [0.25, 0.3) is 0 Å². The van der Waals surface area contributed by atoms with E-state index in [1.807, 2.05) is 30.3 Å². The lowest BCUT2D eigenvalue weighted by Crippen LogP contribution is -1.99. The molecule has 2 aromatic carbocycles. The monoisotopic (exact) mass is 354 g/mol. The van der Waals surface area contributed by atoms with Gasteiger partial charge in [0.25, 0.3) is 0 Å². The third kappa shape index (κ3) is 3.68. The molecule has 0 heterocycles. The standard InChI is InChI=1S/C16H16BrClO2/c1-19-13-6-3-11(4-7-13)9-15(17)14-8-5-12(18)10-16(14)20-2/h3-8,10,15H,9H2,1-2H3. The summed E-state index contributed by atoms with van der Waals surface area (Å²) in [6.45, 7) is 0. The van der Waals surface area contributed by atoms with Crippen LogP contribution in [0.4, 0.5) is 0 Å². The second-order valence-corrected chi connectivity index (χ2v) is 5.95. The number of benzene rings is 2. The topological polar surface area (TPSA) is 18.5 Å². The molecule has 2 rings (SSSR count). The van der Waals surface area contributed by atoms with E-state index in [-0.39, 0.29) is 4.83 Å². The van der Waals surface area contributed by atoms with Crippen molar-refractivity contribution in [2.45, 2.75) is 11.2 Å². The number of ether oxygens (including phenoxy) is 2. The van der Waals surface area contributed by atoms with Crippen molar-refractivity contribution in [1.29, 1.82) is 0 Å².